The number of sulfonamides is 1. The van der Waals surface area contributed by atoms with Gasteiger partial charge < -0.3 is 4.74 Å². The van der Waals surface area contributed by atoms with Gasteiger partial charge in [-0.3, -0.25) is 0 Å². The Balaban J connectivity index is 1.89. The van der Waals surface area contributed by atoms with E-state index < -0.39 is 10.0 Å². The van der Waals surface area contributed by atoms with E-state index in [-0.39, 0.29) is 29.5 Å². The first-order chi connectivity index (χ1) is 10.0. The summed E-state index contributed by atoms with van der Waals surface area (Å²) in [6.45, 7) is 1.62. The summed E-state index contributed by atoms with van der Waals surface area (Å²) in [7, 11) is -3.16. The summed E-state index contributed by atoms with van der Waals surface area (Å²) in [6, 6.07) is 1.91. The number of hydrogen-bond donors (Lipinski definition) is 1. The van der Waals surface area contributed by atoms with Crippen LogP contribution in [0.4, 0.5) is 0 Å². The third-order valence-electron chi connectivity index (χ3n) is 3.45. The van der Waals surface area contributed by atoms with Crippen molar-refractivity contribution in [3.05, 3.63) is 18.1 Å². The van der Waals surface area contributed by atoms with E-state index in [0.29, 0.717) is 12.8 Å². The van der Waals surface area contributed by atoms with Crippen molar-refractivity contribution in [2.75, 3.05) is 5.75 Å². The smallest absolute Gasteiger partial charge is 0.251 e. The summed E-state index contributed by atoms with van der Waals surface area (Å²) in [4.78, 5) is 7.91. The van der Waals surface area contributed by atoms with E-state index in [4.69, 9.17) is 10.00 Å². The number of nitrogens with zero attached hydrogens (tertiary/aromatic N) is 3. The van der Waals surface area contributed by atoms with Crippen LogP contribution in [0, 0.1) is 11.3 Å². The summed E-state index contributed by atoms with van der Waals surface area (Å²) >= 11 is 0. The molecule has 1 aliphatic rings. The largest absolute Gasteiger partial charge is 0.472 e. The SMILES string of the molecule is CCS(=O)(=O)NC1CCC(Oc2nccnc2C#N)CC1. The summed E-state index contributed by atoms with van der Waals surface area (Å²) < 4.78 is 31.5. The Morgan fingerprint density at radius 3 is 2.62 bits per heavy atom. The maximum Gasteiger partial charge on any atom is 0.251 e. The van der Waals surface area contributed by atoms with Crippen LogP contribution in [-0.4, -0.2) is 36.3 Å². The Morgan fingerprint density at radius 1 is 1.33 bits per heavy atom. The molecule has 0 bridgehead atoms. The summed E-state index contributed by atoms with van der Waals surface area (Å²) in [5.41, 5.74) is 0.173. The van der Waals surface area contributed by atoms with E-state index >= 15 is 0 Å². The highest BCUT2D eigenvalue weighted by atomic mass is 32.2. The van der Waals surface area contributed by atoms with Gasteiger partial charge in [0.15, 0.2) is 0 Å². The van der Waals surface area contributed by atoms with Crippen molar-refractivity contribution < 1.29 is 13.2 Å². The molecule has 1 fully saturated rings. The Morgan fingerprint density at radius 2 is 2.00 bits per heavy atom. The number of aromatic nitrogens is 2. The number of ether oxygens (including phenoxy) is 1. The highest BCUT2D eigenvalue weighted by molar-refractivity contribution is 7.89. The predicted molar refractivity (Wildman–Crippen MR) is 76.0 cm³/mol. The van der Waals surface area contributed by atoms with Crippen molar-refractivity contribution in [3.63, 3.8) is 0 Å². The summed E-state index contributed by atoms with van der Waals surface area (Å²) in [6.07, 6.45) is 5.74. The van der Waals surface area contributed by atoms with Crippen LogP contribution in [0.2, 0.25) is 0 Å². The second-order valence-corrected chi connectivity index (χ2v) is 6.98. The Kier molecular flexibility index (Phi) is 5.09. The van der Waals surface area contributed by atoms with Crippen LogP contribution >= 0.6 is 0 Å². The van der Waals surface area contributed by atoms with Crippen molar-refractivity contribution in [1.82, 2.24) is 14.7 Å². The lowest BCUT2D eigenvalue weighted by atomic mass is 9.94. The van der Waals surface area contributed by atoms with E-state index in [0.717, 1.165) is 12.8 Å². The highest BCUT2D eigenvalue weighted by Crippen LogP contribution is 2.24. The average Bonchev–Trinajstić information content (AvgIpc) is 2.49. The van der Waals surface area contributed by atoms with Crippen molar-refractivity contribution in [3.8, 4) is 11.9 Å². The topological polar surface area (TPSA) is 105 Å². The van der Waals surface area contributed by atoms with Gasteiger partial charge in [0.2, 0.25) is 15.7 Å². The van der Waals surface area contributed by atoms with Gasteiger partial charge in [0.05, 0.1) is 5.75 Å². The molecule has 0 saturated heterocycles. The molecular weight excluding hydrogens is 292 g/mol. The standard InChI is InChI=1S/C13H18N4O3S/c1-2-21(18,19)17-10-3-5-11(6-4-10)20-13-12(9-14)15-7-8-16-13/h7-8,10-11,17H,2-6H2,1H3. The van der Waals surface area contributed by atoms with Crippen molar-refractivity contribution >= 4 is 10.0 Å². The molecule has 1 heterocycles. The fourth-order valence-corrected chi connectivity index (χ4v) is 3.19. The molecule has 0 unspecified atom stereocenters. The lowest BCUT2D eigenvalue weighted by molar-refractivity contribution is 0.137. The van der Waals surface area contributed by atoms with Gasteiger partial charge in [-0.1, -0.05) is 0 Å². The molecule has 7 nitrogen and oxygen atoms in total. The molecular formula is C13H18N4O3S. The maximum atomic E-state index is 11.5. The summed E-state index contributed by atoms with van der Waals surface area (Å²) in [5, 5.41) is 8.94. The highest BCUT2D eigenvalue weighted by Gasteiger charge is 2.26. The third kappa shape index (κ3) is 4.37. The molecule has 114 valence electrons. The zero-order valence-electron chi connectivity index (χ0n) is 11.8. The molecule has 1 aliphatic carbocycles. The molecule has 1 saturated carbocycles. The van der Waals surface area contributed by atoms with Gasteiger partial charge in [0.25, 0.3) is 5.88 Å². The van der Waals surface area contributed by atoms with Gasteiger partial charge in [0.1, 0.15) is 12.2 Å². The number of rotatable bonds is 5. The van der Waals surface area contributed by atoms with Gasteiger partial charge in [-0.25, -0.2) is 23.1 Å². The number of hydrogen-bond acceptors (Lipinski definition) is 6. The fourth-order valence-electron chi connectivity index (χ4n) is 2.28. The molecule has 0 spiro atoms. The molecule has 0 aromatic carbocycles. The molecule has 0 radical (unpaired) electrons. The lowest BCUT2D eigenvalue weighted by Crippen LogP contribution is -2.40. The first-order valence-electron chi connectivity index (χ1n) is 6.92. The monoisotopic (exact) mass is 310 g/mol. The van der Waals surface area contributed by atoms with Crippen molar-refractivity contribution in [2.45, 2.75) is 44.8 Å². The minimum absolute atomic E-state index is 0.0351. The molecule has 0 amide bonds. The average molecular weight is 310 g/mol. The zero-order valence-corrected chi connectivity index (χ0v) is 12.6. The van der Waals surface area contributed by atoms with Crippen LogP contribution in [0.3, 0.4) is 0 Å². The second kappa shape index (κ2) is 6.83. The van der Waals surface area contributed by atoms with Gasteiger partial charge in [-0.05, 0) is 32.6 Å². The van der Waals surface area contributed by atoms with E-state index in [9.17, 15) is 8.42 Å². The van der Waals surface area contributed by atoms with Crippen LogP contribution in [0.5, 0.6) is 5.88 Å². The molecule has 1 aromatic rings. The lowest BCUT2D eigenvalue weighted by Gasteiger charge is -2.28. The van der Waals surface area contributed by atoms with E-state index in [2.05, 4.69) is 14.7 Å². The molecule has 0 aliphatic heterocycles. The van der Waals surface area contributed by atoms with Crippen LogP contribution < -0.4 is 9.46 Å². The van der Waals surface area contributed by atoms with Crippen LogP contribution in [0.1, 0.15) is 38.3 Å². The quantitative estimate of drug-likeness (QED) is 0.869. The zero-order chi connectivity index (χ0) is 15.3. The summed E-state index contributed by atoms with van der Waals surface area (Å²) in [5.74, 6) is 0.340. The van der Waals surface area contributed by atoms with E-state index in [1.54, 1.807) is 6.92 Å². The van der Waals surface area contributed by atoms with Gasteiger partial charge >= 0.3 is 0 Å². The van der Waals surface area contributed by atoms with Crippen LogP contribution in [0.25, 0.3) is 0 Å². The van der Waals surface area contributed by atoms with Gasteiger partial charge in [-0.2, -0.15) is 5.26 Å². The Bertz CT molecular complexity index is 619. The maximum absolute atomic E-state index is 11.5. The van der Waals surface area contributed by atoms with Crippen LogP contribution in [-0.2, 0) is 10.0 Å². The minimum Gasteiger partial charge on any atom is -0.472 e. The molecule has 1 aromatic heterocycles. The van der Waals surface area contributed by atoms with Crippen molar-refractivity contribution in [1.29, 1.82) is 5.26 Å². The molecule has 21 heavy (non-hydrogen) atoms. The van der Waals surface area contributed by atoms with Gasteiger partial charge in [0, 0.05) is 18.4 Å². The fraction of sp³-hybridized carbons (Fsp3) is 0.615. The Hall–Kier alpha value is -1.72. The predicted octanol–water partition coefficient (Wildman–Crippen LogP) is 0.978. The molecule has 1 N–H and O–H groups in total. The number of nitrogens with one attached hydrogen (secondary N) is 1. The molecule has 8 heteroatoms. The van der Waals surface area contributed by atoms with E-state index in [1.807, 2.05) is 6.07 Å². The van der Waals surface area contributed by atoms with Crippen molar-refractivity contribution in [2.24, 2.45) is 0 Å². The van der Waals surface area contributed by atoms with Crippen LogP contribution in [0.15, 0.2) is 12.4 Å². The van der Waals surface area contributed by atoms with Gasteiger partial charge in [-0.15, -0.1) is 0 Å². The molecule has 0 atom stereocenters. The minimum atomic E-state index is -3.16. The first-order valence-corrected chi connectivity index (χ1v) is 8.57. The molecule has 2 rings (SSSR count). The first kappa shape index (κ1) is 15.7. The number of nitriles is 1. The van der Waals surface area contributed by atoms with E-state index in [1.165, 1.54) is 12.4 Å². The third-order valence-corrected chi connectivity index (χ3v) is 4.90. The Labute approximate surface area is 124 Å². The second-order valence-electron chi connectivity index (χ2n) is 4.93. The normalized spacial score (nSPS) is 22.5.